The molecule has 0 heterocycles. The topological polar surface area (TPSA) is 308 Å². The number of nitrogens with zero attached hydrogens (tertiary/aromatic N) is 1. The van der Waals surface area contributed by atoms with Crippen LogP contribution in [0.25, 0.3) is 0 Å². The van der Waals surface area contributed by atoms with Crippen molar-refractivity contribution in [3.8, 4) is 0 Å². The lowest BCUT2D eigenvalue weighted by Gasteiger charge is -2.32. The fraction of sp³-hybridized carbons (Fsp3) is 0.456. The van der Waals surface area contributed by atoms with Gasteiger partial charge in [-0.05, 0) is 113 Å². The Labute approximate surface area is 449 Å². The predicted molar refractivity (Wildman–Crippen MR) is 300 cm³/mol. The Morgan fingerprint density at radius 2 is 1.39 bits per heavy atom. The van der Waals surface area contributed by atoms with Crippen molar-refractivity contribution in [3.63, 3.8) is 0 Å². The molecule has 4 rings (SSSR count). The number of hydrogen-bond acceptors (Lipinski definition) is 9. The molecule has 2 aliphatic carbocycles. The van der Waals surface area contributed by atoms with E-state index in [4.69, 9.17) is 21.7 Å². The smallest absolute Gasteiger partial charge is 0.370 e. The molecule has 0 aromatic heterocycles. The largest absolute Gasteiger partial charge is 0.469 e. The second-order valence-corrected chi connectivity index (χ2v) is 21.0. The molecule has 2 aromatic carbocycles. The zero-order valence-corrected chi connectivity index (χ0v) is 45.4. The molecule has 0 spiro atoms. The molecular weight excluding hydrogens is 988 g/mol. The minimum Gasteiger partial charge on any atom is -0.370 e. The van der Waals surface area contributed by atoms with E-state index in [0.717, 1.165) is 11.1 Å². The van der Waals surface area contributed by atoms with E-state index in [-0.39, 0.29) is 50.4 Å². The first-order chi connectivity index (χ1) is 35.3. The summed E-state index contributed by atoms with van der Waals surface area (Å²) in [5, 5.41) is 10.8. The van der Waals surface area contributed by atoms with Crippen LogP contribution in [-0.4, -0.2) is 88.4 Å². The third-order valence-corrected chi connectivity index (χ3v) is 13.1. The highest BCUT2D eigenvalue weighted by Crippen LogP contribution is 2.41. The van der Waals surface area contributed by atoms with Crippen LogP contribution >= 0.6 is 7.82 Å². The van der Waals surface area contributed by atoms with E-state index < -0.39 is 74.1 Å². The van der Waals surface area contributed by atoms with Gasteiger partial charge in [0.05, 0.1) is 18.6 Å². The molecular formula is C57H83N8O10P. The second kappa shape index (κ2) is 32.7. The van der Waals surface area contributed by atoms with Gasteiger partial charge in [-0.25, -0.2) is 4.57 Å². The van der Waals surface area contributed by atoms with Gasteiger partial charge in [0, 0.05) is 26.3 Å². The highest BCUT2D eigenvalue weighted by atomic mass is 31.2. The van der Waals surface area contributed by atoms with Crippen LogP contribution in [0.4, 0.5) is 0 Å². The first-order valence-electron chi connectivity index (χ1n) is 25.3. The van der Waals surface area contributed by atoms with Crippen LogP contribution in [0.15, 0.2) is 136 Å². The van der Waals surface area contributed by atoms with E-state index in [1.165, 1.54) is 49.0 Å². The molecule has 76 heavy (non-hydrogen) atoms. The zero-order chi connectivity index (χ0) is 55.7. The lowest BCUT2D eigenvalue weighted by atomic mass is 9.72. The summed E-state index contributed by atoms with van der Waals surface area (Å²) in [6.07, 6.45) is 19.6. The van der Waals surface area contributed by atoms with Gasteiger partial charge in [-0.3, -0.25) is 38.3 Å². The van der Waals surface area contributed by atoms with Crippen molar-refractivity contribution in [1.29, 1.82) is 0 Å². The number of phosphoric ester groups is 1. The highest BCUT2D eigenvalue weighted by molar-refractivity contribution is 7.46. The summed E-state index contributed by atoms with van der Waals surface area (Å²) >= 11 is 0. The fourth-order valence-electron chi connectivity index (χ4n) is 8.92. The molecule has 1 fully saturated rings. The number of phosphoric acid groups is 1. The van der Waals surface area contributed by atoms with Crippen LogP contribution < -0.4 is 38.5 Å². The van der Waals surface area contributed by atoms with E-state index in [0.29, 0.717) is 36.8 Å². The number of hydrogen-bond donors (Lipinski definition) is 9. The maximum Gasteiger partial charge on any atom is 0.469 e. The van der Waals surface area contributed by atoms with Crippen molar-refractivity contribution in [3.05, 3.63) is 142 Å². The van der Waals surface area contributed by atoms with Gasteiger partial charge in [0.15, 0.2) is 11.7 Å². The monoisotopic (exact) mass is 1070 g/mol. The summed E-state index contributed by atoms with van der Waals surface area (Å²) in [5.74, 6) is -3.79. The highest BCUT2D eigenvalue weighted by Gasteiger charge is 2.33. The van der Waals surface area contributed by atoms with Crippen molar-refractivity contribution in [1.82, 2.24) is 21.3 Å². The molecule has 1 saturated carbocycles. The van der Waals surface area contributed by atoms with Gasteiger partial charge in [-0.15, -0.1) is 0 Å². The van der Waals surface area contributed by atoms with Crippen LogP contribution in [0.1, 0.15) is 118 Å². The number of allylic oxidation sites excluding steroid dienone is 10. The first kappa shape index (κ1) is 65.4. The van der Waals surface area contributed by atoms with Gasteiger partial charge < -0.3 is 48.3 Å². The van der Waals surface area contributed by atoms with Crippen molar-refractivity contribution < 1.29 is 47.6 Å². The lowest BCUT2D eigenvalue weighted by molar-refractivity contribution is -0.131. The Kier molecular flexibility index (Phi) is 28.1. The number of nitrogens with two attached hydrogens (primary N) is 3. The normalized spacial score (nSPS) is 17.8. The van der Waals surface area contributed by atoms with Crippen molar-refractivity contribution in [2.45, 2.75) is 144 Å². The number of rotatable bonds is 25. The van der Waals surface area contributed by atoms with E-state index in [9.17, 15) is 43.1 Å². The number of nitrogens with one attached hydrogen (secondary N) is 4. The third kappa shape index (κ3) is 25.2. The number of carbonyl (C=O) groups excluding carboxylic acids is 6. The Balaban J connectivity index is 0.000000718. The van der Waals surface area contributed by atoms with Gasteiger partial charge >= 0.3 is 7.82 Å². The average molecular weight is 1070 g/mol. The number of aliphatic imine (C=N–C) groups is 1. The van der Waals surface area contributed by atoms with Crippen LogP contribution in [-0.2, 0) is 50.7 Å². The van der Waals surface area contributed by atoms with Gasteiger partial charge in [0.25, 0.3) is 0 Å². The van der Waals surface area contributed by atoms with Gasteiger partial charge in [0.2, 0.25) is 29.5 Å². The maximum atomic E-state index is 14.0. The molecule has 0 radical (unpaired) electrons. The van der Waals surface area contributed by atoms with Crippen molar-refractivity contribution in [2.24, 2.45) is 33.5 Å². The Bertz CT molecular complexity index is 2540. The molecule has 2 aliphatic rings. The van der Waals surface area contributed by atoms with Crippen LogP contribution in [0.2, 0.25) is 0 Å². The van der Waals surface area contributed by atoms with Gasteiger partial charge in [0.1, 0.15) is 18.1 Å². The lowest BCUT2D eigenvalue weighted by Crippen LogP contribution is -2.56. The Hall–Kier alpha value is -6.72. The van der Waals surface area contributed by atoms with E-state index in [1.807, 2.05) is 25.1 Å². The minimum absolute atomic E-state index is 0. The molecule has 0 bridgehead atoms. The Morgan fingerprint density at radius 3 is 1.93 bits per heavy atom. The van der Waals surface area contributed by atoms with Crippen LogP contribution in [0, 0.1) is 11.3 Å². The molecule has 12 N–H and O–H groups in total. The summed E-state index contributed by atoms with van der Waals surface area (Å²) in [6.45, 7) is 13.4. The van der Waals surface area contributed by atoms with E-state index >= 15 is 0 Å². The zero-order valence-electron chi connectivity index (χ0n) is 44.5. The summed E-state index contributed by atoms with van der Waals surface area (Å²) in [4.78, 5) is 98.9. The average Bonchev–Trinajstić information content (AvgIpc) is 3.79. The molecule has 0 aliphatic heterocycles. The maximum absolute atomic E-state index is 14.0. The molecule has 2 aromatic rings. The van der Waals surface area contributed by atoms with E-state index in [1.54, 1.807) is 67.6 Å². The third-order valence-electron chi connectivity index (χ3n) is 12.6. The molecule has 5 atom stereocenters. The minimum atomic E-state index is -5.00. The molecule has 0 saturated heterocycles. The van der Waals surface area contributed by atoms with E-state index in [2.05, 4.69) is 72.2 Å². The molecule has 416 valence electrons. The number of amides is 5. The fourth-order valence-corrected chi connectivity index (χ4v) is 9.27. The first-order valence-corrected chi connectivity index (χ1v) is 26.8. The number of ketones is 1. The van der Waals surface area contributed by atoms with Crippen molar-refractivity contribution >= 4 is 49.1 Å². The Morgan fingerprint density at radius 1 is 0.803 bits per heavy atom. The van der Waals surface area contributed by atoms with Gasteiger partial charge in [-0.1, -0.05) is 135 Å². The van der Waals surface area contributed by atoms with Gasteiger partial charge in [-0.2, -0.15) is 0 Å². The standard InChI is InChI=1S/C35H49N8O9P.C21H30O.CH4/c1-22(44)40-29(18-23-10-4-2-5-11-23)34(48)43-30(19-24-12-6-3-7-13-24)33(47)41-26(21-52-53(49,50)51)20-25-14-8-15-27(25)32(46)42-28(31(36)45)16-9-17-39-35(37)38;1-16(9-7-10-17(2)15-19(4)22)12-13-20-18(3)11-8-14-21(20,5)6;/h2-7,10-13,20,26-30H,8-9,14-19,21H2,1H3,(H2,36,45)(H,40,44)(H,41,47)(H,42,46)(H,43,48)(H4,37,38,39)(H2,49,50,51);7,9-10,12-13,15H,8,11,14H2,1-6H3;1H4/b25-20+;10-7+,13-12+,16-9+,17-15+;/t26-,27-,28+,29+,30+;;/m1../s1. The molecule has 18 nitrogen and oxygen atoms in total. The summed E-state index contributed by atoms with van der Waals surface area (Å²) in [7, 11) is -5.00. The predicted octanol–water partition coefficient (Wildman–Crippen LogP) is 6.55. The number of benzene rings is 2. The number of guanidine groups is 1. The van der Waals surface area contributed by atoms with Crippen molar-refractivity contribution in [2.75, 3.05) is 13.2 Å². The summed E-state index contributed by atoms with van der Waals surface area (Å²) < 4.78 is 16.5. The quantitative estimate of drug-likeness (QED) is 0.00973. The summed E-state index contributed by atoms with van der Waals surface area (Å²) in [5.41, 5.74) is 23.7. The second-order valence-electron chi connectivity index (χ2n) is 19.7. The molecule has 19 heteroatoms. The molecule has 5 amide bonds. The SMILES string of the molecule is C.CC(=O)/C=C(C)/C=C/C=C(C)/C=C/C1=C(C)CCCC1(C)C.CC(=O)N[C@@H](Cc1ccccc1)C(=O)N[C@@H](Cc1ccccc1)C(=O)N[C@H](/C=C1\CCC[C@H]1C(=O)N[C@@H](CCCN=C(N)N)C(N)=O)COP(=O)(O)O. The molecule has 0 unspecified atom stereocenters. The van der Waals surface area contributed by atoms with Crippen LogP contribution in [0.5, 0.6) is 0 Å². The number of primary amides is 1. The van der Waals surface area contributed by atoms with Crippen LogP contribution in [0.3, 0.4) is 0 Å². The summed E-state index contributed by atoms with van der Waals surface area (Å²) in [6, 6.07) is 13.5. The number of carbonyl (C=O) groups is 6.